The number of pyridine rings is 1. The molecular weight excluding hydrogens is 410 g/mol. The van der Waals surface area contributed by atoms with Crippen molar-refractivity contribution >= 4 is 17.7 Å². The van der Waals surface area contributed by atoms with Crippen molar-refractivity contribution in [2.24, 2.45) is 7.05 Å². The summed E-state index contributed by atoms with van der Waals surface area (Å²) in [6.07, 6.45) is 1.76. The van der Waals surface area contributed by atoms with E-state index in [0.29, 0.717) is 17.5 Å². The summed E-state index contributed by atoms with van der Waals surface area (Å²) in [5, 5.41) is 24.5. The number of aryl methyl sites for hydroxylation is 2. The lowest BCUT2D eigenvalue weighted by Gasteiger charge is -2.19. The van der Waals surface area contributed by atoms with Crippen LogP contribution in [-0.2, 0) is 18.3 Å². The summed E-state index contributed by atoms with van der Waals surface area (Å²) >= 11 is 0. The monoisotopic (exact) mass is 435 g/mol. The van der Waals surface area contributed by atoms with Gasteiger partial charge in [0.15, 0.2) is 5.69 Å². The predicted molar refractivity (Wildman–Crippen MR) is 121 cm³/mol. The molecule has 0 spiro atoms. The van der Waals surface area contributed by atoms with Crippen LogP contribution in [0.25, 0.3) is 0 Å². The van der Waals surface area contributed by atoms with E-state index in [1.54, 1.807) is 13.0 Å². The van der Waals surface area contributed by atoms with Crippen molar-refractivity contribution in [3.05, 3.63) is 93.4 Å². The quantitative estimate of drug-likeness (QED) is 0.454. The minimum absolute atomic E-state index is 0.267. The third-order valence-corrected chi connectivity index (χ3v) is 5.06. The topological polar surface area (TPSA) is 121 Å². The van der Waals surface area contributed by atoms with Crippen LogP contribution in [0.3, 0.4) is 0 Å². The molecular formula is C24H25N3O5. The smallest absolute Gasteiger partial charge is 0.319 e. The molecule has 1 heterocycles. The number of hydrogen-bond acceptors (Lipinski definition) is 4. The van der Waals surface area contributed by atoms with Crippen LogP contribution < -0.4 is 16.2 Å². The zero-order valence-electron chi connectivity index (χ0n) is 17.8. The lowest BCUT2D eigenvalue weighted by Crippen LogP contribution is -2.36. The van der Waals surface area contributed by atoms with Gasteiger partial charge in [-0.25, -0.2) is 4.79 Å². The van der Waals surface area contributed by atoms with E-state index in [4.69, 9.17) is 0 Å². The molecule has 4 N–H and O–H groups in total. The van der Waals surface area contributed by atoms with Gasteiger partial charge in [0.05, 0.1) is 12.5 Å². The highest BCUT2D eigenvalue weighted by Crippen LogP contribution is 2.24. The number of nitrogens with one attached hydrogen (secondary N) is 2. The first-order valence-corrected chi connectivity index (χ1v) is 10.1. The number of carbonyl (C=O) groups excluding carboxylic acids is 1. The SMILES string of the molecule is Cc1cn(C)c(=O)c(NC(=O)NC(CC(=O)O)c2cccc(Cc3ccccc3)c2)c1O. The van der Waals surface area contributed by atoms with Crippen molar-refractivity contribution < 1.29 is 19.8 Å². The van der Waals surface area contributed by atoms with E-state index in [1.165, 1.54) is 17.8 Å². The zero-order chi connectivity index (χ0) is 23.3. The number of urea groups is 1. The summed E-state index contributed by atoms with van der Waals surface area (Å²) in [5.41, 5.74) is 2.27. The fourth-order valence-electron chi connectivity index (χ4n) is 3.48. The molecule has 8 heteroatoms. The van der Waals surface area contributed by atoms with Gasteiger partial charge in [0.2, 0.25) is 0 Å². The molecule has 3 rings (SSSR count). The number of anilines is 1. The Labute approximate surface area is 185 Å². The second kappa shape index (κ2) is 9.82. The van der Waals surface area contributed by atoms with E-state index < -0.39 is 23.6 Å². The summed E-state index contributed by atoms with van der Waals surface area (Å²) in [6, 6.07) is 15.5. The van der Waals surface area contributed by atoms with Crippen LogP contribution in [0.4, 0.5) is 10.5 Å². The third kappa shape index (κ3) is 5.54. The van der Waals surface area contributed by atoms with Gasteiger partial charge in [0.1, 0.15) is 5.75 Å². The minimum Gasteiger partial charge on any atom is -0.505 e. The first-order valence-electron chi connectivity index (χ1n) is 10.1. The standard InChI is InChI=1S/C24H25N3O5/c1-15-14-27(2)23(31)21(22(15)30)26-24(32)25-19(13-20(28)29)18-10-6-9-17(12-18)11-16-7-4-3-5-8-16/h3-10,12,14,19,30H,11,13H2,1-2H3,(H,28,29)(H2,25,26,32). The van der Waals surface area contributed by atoms with Crippen LogP contribution in [0, 0.1) is 6.92 Å². The predicted octanol–water partition coefficient (Wildman–Crippen LogP) is 3.33. The molecule has 0 saturated heterocycles. The molecule has 0 aliphatic heterocycles. The normalized spacial score (nSPS) is 11.6. The molecule has 2 amide bonds. The Bertz CT molecular complexity index is 1190. The highest BCUT2D eigenvalue weighted by Gasteiger charge is 2.21. The van der Waals surface area contributed by atoms with Gasteiger partial charge in [-0.05, 0) is 30.0 Å². The fraction of sp³-hybridized carbons (Fsp3) is 0.208. The van der Waals surface area contributed by atoms with Gasteiger partial charge in [-0.3, -0.25) is 9.59 Å². The van der Waals surface area contributed by atoms with Gasteiger partial charge < -0.3 is 25.4 Å². The molecule has 0 fully saturated rings. The highest BCUT2D eigenvalue weighted by atomic mass is 16.4. The maximum Gasteiger partial charge on any atom is 0.319 e. The van der Waals surface area contributed by atoms with Crippen LogP contribution in [-0.4, -0.2) is 26.8 Å². The highest BCUT2D eigenvalue weighted by molar-refractivity contribution is 5.91. The van der Waals surface area contributed by atoms with Gasteiger partial charge >= 0.3 is 12.0 Å². The van der Waals surface area contributed by atoms with Crippen molar-refractivity contribution in [2.75, 3.05) is 5.32 Å². The first kappa shape index (κ1) is 22.6. The largest absolute Gasteiger partial charge is 0.505 e. The molecule has 166 valence electrons. The molecule has 0 aliphatic carbocycles. The van der Waals surface area contributed by atoms with Crippen LogP contribution in [0.1, 0.15) is 34.7 Å². The number of aliphatic carboxylic acids is 1. The molecule has 32 heavy (non-hydrogen) atoms. The Morgan fingerprint density at radius 1 is 1.06 bits per heavy atom. The number of carboxylic acid groups (broad SMARTS) is 1. The van der Waals surface area contributed by atoms with Crippen LogP contribution in [0.2, 0.25) is 0 Å². The molecule has 2 aromatic carbocycles. The minimum atomic E-state index is -1.09. The lowest BCUT2D eigenvalue weighted by molar-refractivity contribution is -0.137. The molecule has 1 unspecified atom stereocenters. The van der Waals surface area contributed by atoms with Crippen molar-refractivity contribution in [1.29, 1.82) is 0 Å². The number of benzene rings is 2. The Morgan fingerprint density at radius 3 is 2.44 bits per heavy atom. The molecule has 1 atom stereocenters. The number of nitrogens with zero attached hydrogens (tertiary/aromatic N) is 1. The average Bonchev–Trinajstić information content (AvgIpc) is 2.75. The average molecular weight is 435 g/mol. The van der Waals surface area contributed by atoms with E-state index >= 15 is 0 Å². The number of aromatic nitrogens is 1. The number of carboxylic acids is 1. The number of rotatable bonds is 7. The molecule has 3 aromatic rings. The Hall–Kier alpha value is -4.07. The van der Waals surface area contributed by atoms with Crippen molar-refractivity contribution in [3.63, 3.8) is 0 Å². The summed E-state index contributed by atoms with van der Waals surface area (Å²) in [7, 11) is 1.50. The van der Waals surface area contributed by atoms with E-state index in [-0.39, 0.29) is 17.9 Å². The number of aromatic hydroxyl groups is 1. The fourth-order valence-corrected chi connectivity index (χ4v) is 3.48. The van der Waals surface area contributed by atoms with Gasteiger partial charge in [-0.15, -0.1) is 0 Å². The Kier molecular flexibility index (Phi) is 6.94. The van der Waals surface area contributed by atoms with E-state index in [2.05, 4.69) is 10.6 Å². The number of amides is 2. The van der Waals surface area contributed by atoms with Gasteiger partial charge in [0, 0.05) is 18.8 Å². The number of hydrogen-bond donors (Lipinski definition) is 4. The Morgan fingerprint density at radius 2 is 1.75 bits per heavy atom. The van der Waals surface area contributed by atoms with Crippen LogP contribution in [0.5, 0.6) is 5.75 Å². The second-order valence-electron chi connectivity index (χ2n) is 7.61. The maximum absolute atomic E-state index is 12.6. The summed E-state index contributed by atoms with van der Waals surface area (Å²) in [5.74, 6) is -1.42. The van der Waals surface area contributed by atoms with Crippen molar-refractivity contribution in [2.45, 2.75) is 25.8 Å². The Balaban J connectivity index is 1.82. The molecule has 0 aliphatic rings. The summed E-state index contributed by atoms with van der Waals surface area (Å²) in [4.78, 5) is 36.3. The van der Waals surface area contributed by atoms with E-state index in [0.717, 1.165) is 11.1 Å². The number of carbonyl (C=O) groups is 2. The van der Waals surface area contributed by atoms with Crippen molar-refractivity contribution in [3.8, 4) is 5.75 Å². The van der Waals surface area contributed by atoms with Gasteiger partial charge in [-0.2, -0.15) is 0 Å². The third-order valence-electron chi connectivity index (χ3n) is 5.06. The van der Waals surface area contributed by atoms with Crippen LogP contribution in [0.15, 0.2) is 65.6 Å². The van der Waals surface area contributed by atoms with Crippen LogP contribution >= 0.6 is 0 Å². The van der Waals surface area contributed by atoms with Gasteiger partial charge in [0.25, 0.3) is 5.56 Å². The molecule has 0 radical (unpaired) electrons. The molecule has 0 saturated carbocycles. The zero-order valence-corrected chi connectivity index (χ0v) is 17.8. The van der Waals surface area contributed by atoms with Gasteiger partial charge in [-0.1, -0.05) is 54.6 Å². The first-order chi connectivity index (χ1) is 15.2. The second-order valence-corrected chi connectivity index (χ2v) is 7.61. The van der Waals surface area contributed by atoms with E-state index in [1.807, 2.05) is 48.5 Å². The lowest BCUT2D eigenvalue weighted by atomic mass is 9.98. The van der Waals surface area contributed by atoms with E-state index in [9.17, 15) is 24.6 Å². The molecule has 0 bridgehead atoms. The molecule has 1 aromatic heterocycles. The summed E-state index contributed by atoms with van der Waals surface area (Å²) in [6.45, 7) is 1.60. The summed E-state index contributed by atoms with van der Waals surface area (Å²) < 4.78 is 1.24. The van der Waals surface area contributed by atoms with Crippen molar-refractivity contribution in [1.82, 2.24) is 9.88 Å². The molecule has 8 nitrogen and oxygen atoms in total. The maximum atomic E-state index is 12.6.